The number of rotatable bonds is 3. The van der Waals surface area contributed by atoms with Crippen molar-refractivity contribution in [3.63, 3.8) is 0 Å². The highest BCUT2D eigenvalue weighted by Gasteiger charge is 2.26. The number of aromatic carboxylic acids is 1. The van der Waals surface area contributed by atoms with Crippen LogP contribution in [0.1, 0.15) is 34.8 Å². The minimum absolute atomic E-state index is 0.203. The summed E-state index contributed by atoms with van der Waals surface area (Å²) in [6, 6.07) is 4.99. The van der Waals surface area contributed by atoms with Crippen LogP contribution in [0.15, 0.2) is 18.2 Å². The van der Waals surface area contributed by atoms with Crippen molar-refractivity contribution in [2.45, 2.75) is 18.8 Å². The molecule has 18 heavy (non-hydrogen) atoms. The molecule has 1 fully saturated rings. The smallest absolute Gasteiger partial charge is 0.335 e. The van der Waals surface area contributed by atoms with Crippen LogP contribution in [0.5, 0.6) is 5.75 Å². The lowest BCUT2D eigenvalue weighted by molar-refractivity contribution is 0.0696. The summed E-state index contributed by atoms with van der Waals surface area (Å²) in [5.74, 6) is -0.0406. The van der Waals surface area contributed by atoms with E-state index in [1.807, 2.05) is 6.07 Å². The van der Waals surface area contributed by atoms with E-state index in [1.54, 1.807) is 6.07 Å². The van der Waals surface area contributed by atoms with Gasteiger partial charge in [-0.1, -0.05) is 0 Å². The largest absolute Gasteiger partial charge is 0.494 e. The molecule has 0 aliphatic heterocycles. The van der Waals surface area contributed by atoms with Crippen LogP contribution in [0.2, 0.25) is 0 Å². The molecule has 0 atom stereocenters. The number of nitrogens with zero attached hydrogens (tertiary/aromatic N) is 2. The van der Waals surface area contributed by atoms with Crippen LogP contribution in [0.4, 0.5) is 0 Å². The minimum Gasteiger partial charge on any atom is -0.494 e. The number of fused-ring (bicyclic) bond motifs is 1. The number of carboxylic acids is 1. The van der Waals surface area contributed by atoms with Crippen molar-refractivity contribution in [1.29, 1.82) is 0 Å². The van der Waals surface area contributed by atoms with Gasteiger partial charge >= 0.3 is 5.97 Å². The summed E-state index contributed by atoms with van der Waals surface area (Å²) in [4.78, 5) is 11.1. The number of methoxy groups -OCH3 is 1. The first-order valence-corrected chi connectivity index (χ1v) is 5.77. The minimum atomic E-state index is -0.972. The molecule has 0 radical (unpaired) electrons. The molecule has 1 aliphatic carbocycles. The molecule has 2 aromatic rings. The van der Waals surface area contributed by atoms with Crippen molar-refractivity contribution in [1.82, 2.24) is 10.2 Å². The number of carboxylic acid groups (broad SMARTS) is 1. The Bertz CT molecular complexity index is 635. The Hall–Kier alpha value is -2.17. The van der Waals surface area contributed by atoms with E-state index in [4.69, 9.17) is 9.84 Å². The molecule has 1 heterocycles. The maximum atomic E-state index is 11.1. The summed E-state index contributed by atoms with van der Waals surface area (Å²) in [5, 5.41) is 18.2. The zero-order chi connectivity index (χ0) is 12.7. The van der Waals surface area contributed by atoms with Gasteiger partial charge in [-0.05, 0) is 31.0 Å². The second kappa shape index (κ2) is 3.94. The fourth-order valence-electron chi connectivity index (χ4n) is 2.00. The highest BCUT2D eigenvalue weighted by molar-refractivity contribution is 5.96. The first kappa shape index (κ1) is 11.0. The van der Waals surface area contributed by atoms with E-state index in [9.17, 15) is 4.79 Å². The molecule has 5 nitrogen and oxygen atoms in total. The Balaban J connectivity index is 2.22. The monoisotopic (exact) mass is 244 g/mol. The summed E-state index contributed by atoms with van der Waals surface area (Å²) in [6.07, 6.45) is 2.27. The second-order valence-corrected chi connectivity index (χ2v) is 4.46. The van der Waals surface area contributed by atoms with Gasteiger partial charge in [0.25, 0.3) is 0 Å². The molecule has 0 unspecified atom stereocenters. The van der Waals surface area contributed by atoms with E-state index in [-0.39, 0.29) is 5.56 Å². The van der Waals surface area contributed by atoms with Gasteiger partial charge in [0, 0.05) is 11.3 Å². The predicted molar refractivity (Wildman–Crippen MR) is 65.0 cm³/mol. The molecule has 1 aromatic carbocycles. The lowest BCUT2D eigenvalue weighted by atomic mass is 10.1. The molecular weight excluding hydrogens is 232 g/mol. The zero-order valence-corrected chi connectivity index (χ0v) is 9.88. The standard InChI is InChI=1S/C13H12N2O3/c1-18-11-6-9(13(16)17)4-8-5-10(7-2-3-7)14-15-12(8)11/h4-7H,2-3H2,1H3,(H,16,17). The van der Waals surface area contributed by atoms with Crippen molar-refractivity contribution in [3.05, 3.63) is 29.5 Å². The number of benzene rings is 1. The molecular formula is C13H12N2O3. The second-order valence-electron chi connectivity index (χ2n) is 4.46. The van der Waals surface area contributed by atoms with Crippen molar-refractivity contribution in [2.24, 2.45) is 0 Å². The van der Waals surface area contributed by atoms with Gasteiger partial charge in [0.1, 0.15) is 11.3 Å². The van der Waals surface area contributed by atoms with E-state index in [2.05, 4.69) is 10.2 Å². The van der Waals surface area contributed by atoms with Crippen LogP contribution >= 0.6 is 0 Å². The van der Waals surface area contributed by atoms with E-state index in [1.165, 1.54) is 13.2 Å². The molecule has 0 bridgehead atoms. The van der Waals surface area contributed by atoms with Crippen molar-refractivity contribution < 1.29 is 14.6 Å². The SMILES string of the molecule is COc1cc(C(=O)O)cc2cc(C3CC3)nnc12. The van der Waals surface area contributed by atoms with Gasteiger partial charge in [0.05, 0.1) is 18.4 Å². The van der Waals surface area contributed by atoms with E-state index in [0.29, 0.717) is 17.2 Å². The zero-order valence-electron chi connectivity index (χ0n) is 9.88. The molecule has 1 aliphatic rings. The Morgan fingerprint density at radius 2 is 2.11 bits per heavy atom. The summed E-state index contributed by atoms with van der Waals surface area (Å²) >= 11 is 0. The predicted octanol–water partition coefficient (Wildman–Crippen LogP) is 2.21. The summed E-state index contributed by atoms with van der Waals surface area (Å²) in [7, 11) is 1.50. The van der Waals surface area contributed by atoms with Crippen molar-refractivity contribution in [3.8, 4) is 5.75 Å². The molecule has 0 saturated heterocycles. The summed E-state index contributed by atoms with van der Waals surface area (Å²) < 4.78 is 5.17. The van der Waals surface area contributed by atoms with E-state index in [0.717, 1.165) is 23.9 Å². The fourth-order valence-corrected chi connectivity index (χ4v) is 2.00. The molecule has 0 spiro atoms. The third kappa shape index (κ3) is 1.77. The molecule has 1 saturated carbocycles. The number of ether oxygens (including phenoxy) is 1. The summed E-state index contributed by atoms with van der Waals surface area (Å²) in [6.45, 7) is 0. The van der Waals surface area contributed by atoms with Crippen molar-refractivity contribution in [2.75, 3.05) is 7.11 Å². The van der Waals surface area contributed by atoms with Crippen molar-refractivity contribution >= 4 is 16.9 Å². The lowest BCUT2D eigenvalue weighted by Gasteiger charge is -2.07. The molecule has 1 N–H and O–H groups in total. The van der Waals surface area contributed by atoms with Gasteiger partial charge in [0.15, 0.2) is 0 Å². The maximum absolute atomic E-state index is 11.1. The summed E-state index contributed by atoms with van der Waals surface area (Å²) in [5.41, 5.74) is 1.74. The van der Waals surface area contributed by atoms with Gasteiger partial charge in [0.2, 0.25) is 0 Å². The Morgan fingerprint density at radius 1 is 1.33 bits per heavy atom. The number of aromatic nitrogens is 2. The molecule has 92 valence electrons. The lowest BCUT2D eigenvalue weighted by Crippen LogP contribution is -2.00. The van der Waals surface area contributed by atoms with Crippen LogP contribution in [0.3, 0.4) is 0 Å². The Labute approximate surface area is 103 Å². The van der Waals surface area contributed by atoms with Gasteiger partial charge in [-0.2, -0.15) is 5.10 Å². The maximum Gasteiger partial charge on any atom is 0.335 e. The molecule has 0 amide bonds. The number of hydrogen-bond donors (Lipinski definition) is 1. The van der Waals surface area contributed by atoms with E-state index >= 15 is 0 Å². The number of carbonyl (C=O) groups is 1. The Kier molecular flexibility index (Phi) is 2.40. The first-order chi connectivity index (χ1) is 8.69. The van der Waals surface area contributed by atoms with Gasteiger partial charge < -0.3 is 9.84 Å². The van der Waals surface area contributed by atoms with Gasteiger partial charge in [-0.15, -0.1) is 5.10 Å². The highest BCUT2D eigenvalue weighted by Crippen LogP contribution is 2.39. The van der Waals surface area contributed by atoms with Gasteiger partial charge in [-0.3, -0.25) is 0 Å². The quantitative estimate of drug-likeness (QED) is 0.896. The average Bonchev–Trinajstić information content (AvgIpc) is 3.20. The van der Waals surface area contributed by atoms with Crippen LogP contribution in [0.25, 0.3) is 10.9 Å². The van der Waals surface area contributed by atoms with Crippen LogP contribution in [0, 0.1) is 0 Å². The molecule has 1 aromatic heterocycles. The number of hydrogen-bond acceptors (Lipinski definition) is 4. The van der Waals surface area contributed by atoms with Crippen LogP contribution < -0.4 is 4.74 Å². The van der Waals surface area contributed by atoms with Gasteiger partial charge in [-0.25, -0.2) is 4.79 Å². The van der Waals surface area contributed by atoms with E-state index < -0.39 is 5.97 Å². The van der Waals surface area contributed by atoms with Crippen LogP contribution in [-0.4, -0.2) is 28.4 Å². The Morgan fingerprint density at radius 3 is 2.72 bits per heavy atom. The third-order valence-corrected chi connectivity index (χ3v) is 3.14. The first-order valence-electron chi connectivity index (χ1n) is 5.77. The fraction of sp³-hybridized carbons (Fsp3) is 0.308. The third-order valence-electron chi connectivity index (χ3n) is 3.14. The van der Waals surface area contributed by atoms with Crippen LogP contribution in [-0.2, 0) is 0 Å². The molecule has 3 rings (SSSR count). The average molecular weight is 244 g/mol. The topological polar surface area (TPSA) is 72.3 Å². The normalized spacial score (nSPS) is 14.7. The molecule has 5 heteroatoms. The highest BCUT2D eigenvalue weighted by atomic mass is 16.5.